The van der Waals surface area contributed by atoms with Gasteiger partial charge in [-0.05, 0) is 42.8 Å². The number of halogens is 1. The highest BCUT2D eigenvalue weighted by Gasteiger charge is 2.06. The maximum Gasteiger partial charge on any atom is 0.251 e. The quantitative estimate of drug-likeness (QED) is 0.803. The molecule has 3 aromatic rings. The topological polar surface area (TPSA) is 46.4 Å². The van der Waals surface area contributed by atoms with Crippen LogP contribution in [0.5, 0.6) is 0 Å². The zero-order valence-corrected chi connectivity index (χ0v) is 13.0. The van der Waals surface area contributed by atoms with E-state index >= 15 is 0 Å². The molecule has 0 radical (unpaired) electrons. The molecule has 5 heteroatoms. The maximum absolute atomic E-state index is 12.0. The summed E-state index contributed by atoms with van der Waals surface area (Å²) in [6.07, 6.45) is 4.67. The summed E-state index contributed by atoms with van der Waals surface area (Å²) in [5.41, 5.74) is 3.63. The van der Waals surface area contributed by atoms with E-state index in [9.17, 15) is 4.79 Å². The van der Waals surface area contributed by atoms with E-state index in [1.807, 2.05) is 35.9 Å². The summed E-state index contributed by atoms with van der Waals surface area (Å²) >= 11 is 5.88. The van der Waals surface area contributed by atoms with Gasteiger partial charge in [-0.3, -0.25) is 4.79 Å². The van der Waals surface area contributed by atoms with Gasteiger partial charge in [0.25, 0.3) is 5.91 Å². The predicted octanol–water partition coefficient (Wildman–Crippen LogP) is 3.27. The van der Waals surface area contributed by atoms with Crippen LogP contribution in [0.1, 0.15) is 21.6 Å². The van der Waals surface area contributed by atoms with Crippen molar-refractivity contribution in [1.29, 1.82) is 0 Å². The van der Waals surface area contributed by atoms with Gasteiger partial charge in [-0.15, -0.1) is 0 Å². The summed E-state index contributed by atoms with van der Waals surface area (Å²) < 4.78 is 1.99. The molecule has 0 atom stereocenters. The third-order valence-electron chi connectivity index (χ3n) is 3.42. The second-order valence-corrected chi connectivity index (χ2v) is 5.65. The van der Waals surface area contributed by atoms with Crippen molar-refractivity contribution in [2.24, 2.45) is 0 Å². The van der Waals surface area contributed by atoms with Crippen LogP contribution >= 0.6 is 11.6 Å². The standard InChI is InChI=1S/C17H16ClN3O/c1-12-6-8-21-11-15(20-16(21)9-12)5-7-19-17(22)13-3-2-4-14(18)10-13/h2-4,6,8-11H,5,7H2,1H3,(H,19,22). The minimum absolute atomic E-state index is 0.123. The van der Waals surface area contributed by atoms with Crippen molar-refractivity contribution in [2.75, 3.05) is 6.54 Å². The highest BCUT2D eigenvalue weighted by Crippen LogP contribution is 2.11. The van der Waals surface area contributed by atoms with Crippen LogP contribution in [-0.2, 0) is 6.42 Å². The second kappa shape index (κ2) is 6.20. The molecule has 1 aromatic carbocycles. The van der Waals surface area contributed by atoms with Crippen LogP contribution in [0.3, 0.4) is 0 Å². The monoisotopic (exact) mass is 313 g/mol. The third-order valence-corrected chi connectivity index (χ3v) is 3.65. The molecule has 1 N–H and O–H groups in total. The van der Waals surface area contributed by atoms with Gasteiger partial charge >= 0.3 is 0 Å². The number of hydrogen-bond acceptors (Lipinski definition) is 2. The van der Waals surface area contributed by atoms with E-state index in [4.69, 9.17) is 11.6 Å². The summed E-state index contributed by atoms with van der Waals surface area (Å²) in [7, 11) is 0. The fraction of sp³-hybridized carbons (Fsp3) is 0.176. The molecule has 22 heavy (non-hydrogen) atoms. The molecule has 3 rings (SSSR count). The number of nitrogens with one attached hydrogen (secondary N) is 1. The number of hydrogen-bond donors (Lipinski definition) is 1. The SMILES string of the molecule is Cc1ccn2cc(CCNC(=O)c3cccc(Cl)c3)nc2c1. The summed E-state index contributed by atoms with van der Waals surface area (Å²) in [5.74, 6) is -0.123. The number of aryl methyl sites for hydroxylation is 1. The predicted molar refractivity (Wildman–Crippen MR) is 87.4 cm³/mol. The van der Waals surface area contributed by atoms with Gasteiger partial charge in [0, 0.05) is 35.9 Å². The lowest BCUT2D eigenvalue weighted by Gasteiger charge is -2.04. The normalized spacial score (nSPS) is 10.8. The van der Waals surface area contributed by atoms with Crippen LogP contribution in [0.15, 0.2) is 48.8 Å². The molecule has 0 unspecified atom stereocenters. The van der Waals surface area contributed by atoms with Crippen LogP contribution in [0.2, 0.25) is 5.02 Å². The summed E-state index contributed by atoms with van der Waals surface area (Å²) in [4.78, 5) is 16.6. The van der Waals surface area contributed by atoms with Crippen molar-refractivity contribution >= 4 is 23.2 Å². The fourth-order valence-corrected chi connectivity index (χ4v) is 2.48. The summed E-state index contributed by atoms with van der Waals surface area (Å²) in [6.45, 7) is 2.58. The Kier molecular flexibility index (Phi) is 4.11. The number of benzene rings is 1. The van der Waals surface area contributed by atoms with Crippen molar-refractivity contribution in [3.05, 3.63) is 70.6 Å². The zero-order valence-electron chi connectivity index (χ0n) is 12.2. The Balaban J connectivity index is 1.61. The molecule has 0 aliphatic carbocycles. The van der Waals surface area contributed by atoms with E-state index in [0.717, 1.165) is 11.3 Å². The maximum atomic E-state index is 12.0. The van der Waals surface area contributed by atoms with Gasteiger partial charge in [0.1, 0.15) is 5.65 Å². The molecule has 112 valence electrons. The Morgan fingerprint density at radius 2 is 2.18 bits per heavy atom. The minimum atomic E-state index is -0.123. The first-order valence-corrected chi connectivity index (χ1v) is 7.47. The van der Waals surface area contributed by atoms with Gasteiger partial charge in [0.2, 0.25) is 0 Å². The molecule has 0 saturated carbocycles. The molecular weight excluding hydrogens is 298 g/mol. The number of fused-ring (bicyclic) bond motifs is 1. The smallest absolute Gasteiger partial charge is 0.251 e. The van der Waals surface area contributed by atoms with Gasteiger partial charge in [-0.2, -0.15) is 0 Å². The Labute approximate surface area is 133 Å². The van der Waals surface area contributed by atoms with E-state index in [1.54, 1.807) is 24.3 Å². The Morgan fingerprint density at radius 1 is 1.32 bits per heavy atom. The van der Waals surface area contributed by atoms with Crippen LogP contribution in [0.4, 0.5) is 0 Å². The van der Waals surface area contributed by atoms with Crippen molar-refractivity contribution in [1.82, 2.24) is 14.7 Å². The number of nitrogens with zero attached hydrogens (tertiary/aromatic N) is 2. The highest BCUT2D eigenvalue weighted by atomic mass is 35.5. The van der Waals surface area contributed by atoms with Crippen molar-refractivity contribution in [2.45, 2.75) is 13.3 Å². The molecular formula is C17H16ClN3O. The lowest BCUT2D eigenvalue weighted by Crippen LogP contribution is -2.25. The first-order valence-electron chi connectivity index (χ1n) is 7.10. The lowest BCUT2D eigenvalue weighted by atomic mass is 10.2. The highest BCUT2D eigenvalue weighted by molar-refractivity contribution is 6.30. The van der Waals surface area contributed by atoms with Crippen molar-refractivity contribution in [3.63, 3.8) is 0 Å². The summed E-state index contributed by atoms with van der Waals surface area (Å²) in [6, 6.07) is 11.0. The number of pyridine rings is 1. The van der Waals surface area contributed by atoms with Crippen molar-refractivity contribution < 1.29 is 4.79 Å². The van der Waals surface area contributed by atoms with Gasteiger partial charge in [-0.25, -0.2) is 4.98 Å². The molecule has 0 saturated heterocycles. The van der Waals surface area contributed by atoms with Crippen LogP contribution in [0.25, 0.3) is 5.65 Å². The average Bonchev–Trinajstić information content (AvgIpc) is 2.89. The first-order chi connectivity index (χ1) is 10.6. The number of aromatic nitrogens is 2. The van der Waals surface area contributed by atoms with E-state index in [0.29, 0.717) is 23.6 Å². The number of carbonyl (C=O) groups is 1. The van der Waals surface area contributed by atoms with E-state index in [-0.39, 0.29) is 5.91 Å². The number of imidazole rings is 1. The lowest BCUT2D eigenvalue weighted by molar-refractivity contribution is 0.0954. The number of amides is 1. The molecule has 0 bridgehead atoms. The van der Waals surface area contributed by atoms with E-state index in [1.165, 1.54) is 5.56 Å². The zero-order chi connectivity index (χ0) is 15.5. The summed E-state index contributed by atoms with van der Waals surface area (Å²) in [5, 5.41) is 3.44. The molecule has 0 fully saturated rings. The van der Waals surface area contributed by atoms with E-state index in [2.05, 4.69) is 10.3 Å². The minimum Gasteiger partial charge on any atom is -0.352 e. The number of rotatable bonds is 4. The Morgan fingerprint density at radius 3 is 3.00 bits per heavy atom. The van der Waals surface area contributed by atoms with Crippen LogP contribution in [0, 0.1) is 6.92 Å². The van der Waals surface area contributed by atoms with Gasteiger partial charge in [-0.1, -0.05) is 17.7 Å². The molecule has 0 aliphatic heterocycles. The first kappa shape index (κ1) is 14.6. The van der Waals surface area contributed by atoms with Crippen LogP contribution < -0.4 is 5.32 Å². The molecule has 2 heterocycles. The molecule has 0 spiro atoms. The largest absolute Gasteiger partial charge is 0.352 e. The third kappa shape index (κ3) is 3.28. The molecule has 4 nitrogen and oxygen atoms in total. The van der Waals surface area contributed by atoms with Gasteiger partial charge < -0.3 is 9.72 Å². The van der Waals surface area contributed by atoms with Crippen LogP contribution in [-0.4, -0.2) is 21.8 Å². The average molecular weight is 314 g/mol. The molecule has 2 aromatic heterocycles. The second-order valence-electron chi connectivity index (χ2n) is 5.22. The fourth-order valence-electron chi connectivity index (χ4n) is 2.29. The number of carbonyl (C=O) groups excluding carboxylic acids is 1. The molecule has 0 aliphatic rings. The molecule has 1 amide bonds. The Bertz CT molecular complexity index is 826. The Hall–Kier alpha value is -2.33. The van der Waals surface area contributed by atoms with Gasteiger partial charge in [0.05, 0.1) is 5.69 Å². The van der Waals surface area contributed by atoms with Crippen molar-refractivity contribution in [3.8, 4) is 0 Å². The van der Waals surface area contributed by atoms with Gasteiger partial charge in [0.15, 0.2) is 0 Å². The van der Waals surface area contributed by atoms with E-state index < -0.39 is 0 Å².